The number of hydrogen-bond acceptors (Lipinski definition) is 5. The van der Waals surface area contributed by atoms with E-state index in [1.54, 1.807) is 13.2 Å². The molecule has 0 spiro atoms. The van der Waals surface area contributed by atoms with Crippen molar-refractivity contribution in [3.8, 4) is 0 Å². The highest BCUT2D eigenvalue weighted by atomic mass is 16.6. The highest BCUT2D eigenvalue weighted by Crippen LogP contribution is 2.22. The summed E-state index contributed by atoms with van der Waals surface area (Å²) in [5.74, 6) is 0.265. The predicted molar refractivity (Wildman–Crippen MR) is 85.1 cm³/mol. The molecule has 1 aromatic carbocycles. The quantitative estimate of drug-likeness (QED) is 0.628. The molecule has 0 radical (unpaired) electrons. The monoisotopic (exact) mass is 301 g/mol. The molecule has 1 unspecified atom stereocenters. The number of methoxy groups -OCH3 is 1. The van der Waals surface area contributed by atoms with Gasteiger partial charge in [-0.25, -0.2) is 4.98 Å². The van der Waals surface area contributed by atoms with Crippen molar-refractivity contribution in [3.63, 3.8) is 0 Å². The van der Waals surface area contributed by atoms with Crippen molar-refractivity contribution >= 4 is 11.5 Å². The molecular formula is C16H19N3O3. The first-order valence-electron chi connectivity index (χ1n) is 7.00. The molecule has 0 saturated carbocycles. The van der Waals surface area contributed by atoms with E-state index in [1.807, 2.05) is 31.2 Å². The summed E-state index contributed by atoms with van der Waals surface area (Å²) in [4.78, 5) is 14.7. The van der Waals surface area contributed by atoms with Crippen molar-refractivity contribution in [2.75, 3.05) is 19.0 Å². The van der Waals surface area contributed by atoms with Crippen LogP contribution in [0.4, 0.5) is 11.5 Å². The SMILES string of the molecule is COCC(Cc1ccc(C)cc1)Nc1ncccc1[N+](=O)[O-]. The van der Waals surface area contributed by atoms with Crippen LogP contribution in [0.2, 0.25) is 0 Å². The van der Waals surface area contributed by atoms with Crippen molar-refractivity contribution in [1.29, 1.82) is 0 Å². The molecule has 2 rings (SSSR count). The van der Waals surface area contributed by atoms with Crippen molar-refractivity contribution in [3.05, 3.63) is 63.8 Å². The molecule has 6 heteroatoms. The van der Waals surface area contributed by atoms with Crippen LogP contribution >= 0.6 is 0 Å². The number of pyridine rings is 1. The first kappa shape index (κ1) is 15.9. The maximum absolute atomic E-state index is 11.1. The molecule has 0 aliphatic carbocycles. The minimum absolute atomic E-state index is 0.0347. The summed E-state index contributed by atoms with van der Waals surface area (Å²) in [5, 5.41) is 14.2. The Morgan fingerprint density at radius 2 is 2.05 bits per heavy atom. The van der Waals surface area contributed by atoms with Crippen LogP contribution in [-0.4, -0.2) is 29.7 Å². The lowest BCUT2D eigenvalue weighted by Gasteiger charge is -2.18. The van der Waals surface area contributed by atoms with Gasteiger partial charge in [-0.05, 0) is 25.0 Å². The van der Waals surface area contributed by atoms with Crippen molar-refractivity contribution in [1.82, 2.24) is 4.98 Å². The number of hydrogen-bond donors (Lipinski definition) is 1. The van der Waals surface area contributed by atoms with Gasteiger partial charge in [0.05, 0.1) is 17.6 Å². The molecule has 6 nitrogen and oxygen atoms in total. The fourth-order valence-corrected chi connectivity index (χ4v) is 2.21. The fraction of sp³-hybridized carbons (Fsp3) is 0.312. The standard InChI is InChI=1S/C16H19N3O3/c1-12-5-7-13(8-6-12)10-14(11-22-2)18-16-15(19(20)21)4-3-9-17-16/h3-9,14H,10-11H2,1-2H3,(H,17,18). The lowest BCUT2D eigenvalue weighted by Crippen LogP contribution is -2.28. The van der Waals surface area contributed by atoms with Gasteiger partial charge in [0.25, 0.3) is 0 Å². The summed E-state index contributed by atoms with van der Waals surface area (Å²) >= 11 is 0. The second kappa shape index (κ2) is 7.51. The third-order valence-corrected chi connectivity index (χ3v) is 3.29. The predicted octanol–water partition coefficient (Wildman–Crippen LogP) is 2.97. The Labute approximate surface area is 129 Å². The van der Waals surface area contributed by atoms with E-state index in [0.717, 1.165) is 5.56 Å². The highest BCUT2D eigenvalue weighted by molar-refractivity contribution is 5.55. The first-order valence-corrected chi connectivity index (χ1v) is 7.00. The van der Waals surface area contributed by atoms with Gasteiger partial charge < -0.3 is 10.1 Å². The number of benzene rings is 1. The van der Waals surface area contributed by atoms with Gasteiger partial charge in [0.15, 0.2) is 0 Å². The van der Waals surface area contributed by atoms with Crippen LogP contribution < -0.4 is 5.32 Å². The van der Waals surface area contributed by atoms with Gasteiger partial charge in [0, 0.05) is 19.4 Å². The average molecular weight is 301 g/mol. The molecule has 1 atom stereocenters. The van der Waals surface area contributed by atoms with E-state index in [1.165, 1.54) is 17.8 Å². The van der Waals surface area contributed by atoms with E-state index in [4.69, 9.17) is 4.74 Å². The molecule has 116 valence electrons. The molecule has 0 bridgehead atoms. The summed E-state index contributed by atoms with van der Waals surface area (Å²) in [6.07, 6.45) is 2.23. The molecule has 1 N–H and O–H groups in total. The maximum Gasteiger partial charge on any atom is 0.311 e. The Balaban J connectivity index is 2.15. The zero-order valence-electron chi connectivity index (χ0n) is 12.7. The van der Waals surface area contributed by atoms with Gasteiger partial charge in [-0.15, -0.1) is 0 Å². The van der Waals surface area contributed by atoms with Crippen molar-refractivity contribution < 1.29 is 9.66 Å². The lowest BCUT2D eigenvalue weighted by molar-refractivity contribution is -0.384. The van der Waals surface area contributed by atoms with E-state index in [-0.39, 0.29) is 17.5 Å². The van der Waals surface area contributed by atoms with E-state index < -0.39 is 4.92 Å². The van der Waals surface area contributed by atoms with E-state index in [2.05, 4.69) is 10.3 Å². The molecule has 2 aromatic rings. The van der Waals surface area contributed by atoms with Crippen LogP contribution in [0.3, 0.4) is 0 Å². The second-order valence-corrected chi connectivity index (χ2v) is 5.11. The van der Waals surface area contributed by atoms with Gasteiger partial charge in [0.1, 0.15) is 0 Å². The van der Waals surface area contributed by atoms with E-state index >= 15 is 0 Å². The molecule has 0 saturated heterocycles. The molecule has 1 heterocycles. The van der Waals surface area contributed by atoms with Crippen LogP contribution in [0.25, 0.3) is 0 Å². The van der Waals surface area contributed by atoms with Gasteiger partial charge in [-0.2, -0.15) is 0 Å². The topological polar surface area (TPSA) is 77.3 Å². The summed E-state index contributed by atoms with van der Waals surface area (Å²) < 4.78 is 5.21. The van der Waals surface area contributed by atoms with Crippen LogP contribution in [0.15, 0.2) is 42.6 Å². The molecule has 22 heavy (non-hydrogen) atoms. The third-order valence-electron chi connectivity index (χ3n) is 3.29. The van der Waals surface area contributed by atoms with Crippen LogP contribution in [0.5, 0.6) is 0 Å². The Bertz CT molecular complexity index is 629. The molecule has 0 aliphatic rings. The Morgan fingerprint density at radius 3 is 2.68 bits per heavy atom. The summed E-state index contributed by atoms with van der Waals surface area (Å²) in [7, 11) is 1.61. The number of ether oxygens (including phenoxy) is 1. The van der Waals surface area contributed by atoms with Crippen LogP contribution in [0, 0.1) is 17.0 Å². The molecule has 1 aromatic heterocycles. The van der Waals surface area contributed by atoms with Gasteiger partial charge in [-0.1, -0.05) is 29.8 Å². The first-order chi connectivity index (χ1) is 10.6. The Kier molecular flexibility index (Phi) is 5.43. The summed E-state index contributed by atoms with van der Waals surface area (Å²) in [5.41, 5.74) is 2.30. The van der Waals surface area contributed by atoms with Crippen LogP contribution in [0.1, 0.15) is 11.1 Å². The normalized spacial score (nSPS) is 11.9. The smallest absolute Gasteiger partial charge is 0.311 e. The van der Waals surface area contributed by atoms with Crippen LogP contribution in [-0.2, 0) is 11.2 Å². The third kappa shape index (κ3) is 4.26. The highest BCUT2D eigenvalue weighted by Gasteiger charge is 2.18. The number of anilines is 1. The molecular weight excluding hydrogens is 282 g/mol. The minimum atomic E-state index is -0.439. The number of aromatic nitrogens is 1. The zero-order valence-corrected chi connectivity index (χ0v) is 12.7. The van der Waals surface area contributed by atoms with E-state index in [9.17, 15) is 10.1 Å². The van der Waals surface area contributed by atoms with Gasteiger partial charge in [-0.3, -0.25) is 10.1 Å². The number of nitro groups is 1. The maximum atomic E-state index is 11.1. The fourth-order valence-electron chi connectivity index (χ4n) is 2.21. The number of aryl methyl sites for hydroxylation is 1. The van der Waals surface area contributed by atoms with Crippen molar-refractivity contribution in [2.24, 2.45) is 0 Å². The average Bonchev–Trinajstić information content (AvgIpc) is 2.50. The summed E-state index contributed by atoms with van der Waals surface area (Å²) in [6, 6.07) is 11.1. The molecule has 0 fully saturated rings. The number of nitrogens with one attached hydrogen (secondary N) is 1. The summed E-state index contributed by atoms with van der Waals surface area (Å²) in [6.45, 7) is 2.47. The zero-order chi connectivity index (χ0) is 15.9. The Morgan fingerprint density at radius 1 is 1.32 bits per heavy atom. The van der Waals surface area contributed by atoms with Gasteiger partial charge in [0.2, 0.25) is 5.82 Å². The minimum Gasteiger partial charge on any atom is -0.383 e. The number of rotatable bonds is 7. The largest absolute Gasteiger partial charge is 0.383 e. The molecule has 0 aliphatic heterocycles. The van der Waals surface area contributed by atoms with Crippen molar-refractivity contribution in [2.45, 2.75) is 19.4 Å². The van der Waals surface area contributed by atoms with Gasteiger partial charge >= 0.3 is 5.69 Å². The lowest BCUT2D eigenvalue weighted by atomic mass is 10.0. The molecule has 0 amide bonds. The second-order valence-electron chi connectivity index (χ2n) is 5.11. The van der Waals surface area contributed by atoms with E-state index in [0.29, 0.717) is 13.0 Å². The number of nitrogens with zero attached hydrogens (tertiary/aromatic N) is 2. The Hall–Kier alpha value is -2.47.